The van der Waals surface area contributed by atoms with Gasteiger partial charge in [-0.25, -0.2) is 0 Å². The molecular formula is C26H42N2OS. The van der Waals surface area contributed by atoms with Crippen LogP contribution in [0.5, 0.6) is 0 Å². The number of carbonyl (C=O) groups is 1. The van der Waals surface area contributed by atoms with Crippen LogP contribution in [0, 0.1) is 17.8 Å². The second kappa shape index (κ2) is 9.81. The first-order valence-corrected chi connectivity index (χ1v) is 13.5. The molecule has 5 aliphatic carbocycles. The lowest BCUT2D eigenvalue weighted by atomic mass is 9.53. The van der Waals surface area contributed by atoms with E-state index in [2.05, 4.69) is 24.9 Å². The predicted molar refractivity (Wildman–Crippen MR) is 128 cm³/mol. The van der Waals surface area contributed by atoms with E-state index in [1.807, 2.05) is 0 Å². The first-order valence-electron chi connectivity index (χ1n) is 12.6. The van der Waals surface area contributed by atoms with Crippen molar-refractivity contribution in [3.05, 3.63) is 23.1 Å². The highest BCUT2D eigenvalue weighted by Gasteiger charge is 2.51. The van der Waals surface area contributed by atoms with E-state index in [0.717, 1.165) is 37.0 Å². The summed E-state index contributed by atoms with van der Waals surface area (Å²) in [5.41, 5.74) is 8.20. The van der Waals surface area contributed by atoms with Gasteiger partial charge in [0.15, 0.2) is 0 Å². The van der Waals surface area contributed by atoms with E-state index in [4.69, 9.17) is 5.73 Å². The molecule has 0 aromatic rings. The van der Waals surface area contributed by atoms with Crippen LogP contribution in [-0.4, -0.2) is 22.7 Å². The lowest BCUT2D eigenvalue weighted by Gasteiger charge is -2.56. The highest BCUT2D eigenvalue weighted by atomic mass is 32.2. The number of allylic oxidation sites excluding steroid dienone is 1. The maximum absolute atomic E-state index is 13.2. The number of nitrogens with one attached hydrogen (secondary N) is 1. The molecule has 0 heterocycles. The van der Waals surface area contributed by atoms with Crippen molar-refractivity contribution in [3.63, 3.8) is 0 Å². The van der Waals surface area contributed by atoms with Gasteiger partial charge in [-0.05, 0) is 88.4 Å². The summed E-state index contributed by atoms with van der Waals surface area (Å²) < 4.78 is 0. The minimum atomic E-state index is 0.0537. The molecule has 5 rings (SSSR count). The Labute approximate surface area is 188 Å². The van der Waals surface area contributed by atoms with Crippen LogP contribution < -0.4 is 11.1 Å². The molecular weight excluding hydrogens is 388 g/mol. The van der Waals surface area contributed by atoms with Crippen molar-refractivity contribution < 1.29 is 4.79 Å². The molecule has 0 saturated heterocycles. The molecule has 2 atom stereocenters. The smallest absolute Gasteiger partial charge is 0.257 e. The zero-order valence-corrected chi connectivity index (χ0v) is 19.8. The molecule has 5 aliphatic rings. The van der Waals surface area contributed by atoms with Gasteiger partial charge < -0.3 is 11.1 Å². The maximum atomic E-state index is 13.2. The Hall–Kier alpha value is -0.740. The van der Waals surface area contributed by atoms with Crippen LogP contribution in [0.15, 0.2) is 23.1 Å². The first-order chi connectivity index (χ1) is 14.5. The molecule has 168 valence electrons. The summed E-state index contributed by atoms with van der Waals surface area (Å²) in [7, 11) is 0. The summed E-state index contributed by atoms with van der Waals surface area (Å²) in [4.78, 5) is 13.9. The topological polar surface area (TPSA) is 55.1 Å². The molecule has 0 aliphatic heterocycles. The third kappa shape index (κ3) is 5.18. The second-order valence-electron chi connectivity index (χ2n) is 10.8. The quantitative estimate of drug-likeness (QED) is 0.250. The fourth-order valence-corrected chi connectivity index (χ4v) is 8.26. The average molecular weight is 431 g/mol. The minimum absolute atomic E-state index is 0.0537. The van der Waals surface area contributed by atoms with Gasteiger partial charge >= 0.3 is 0 Å². The Balaban J connectivity index is 1.39. The van der Waals surface area contributed by atoms with Crippen LogP contribution in [-0.2, 0) is 4.79 Å². The third-order valence-electron chi connectivity index (χ3n) is 8.16. The van der Waals surface area contributed by atoms with Crippen molar-refractivity contribution in [2.45, 2.75) is 114 Å². The molecule has 0 radical (unpaired) electrons. The van der Waals surface area contributed by atoms with Crippen molar-refractivity contribution in [2.75, 3.05) is 0 Å². The van der Waals surface area contributed by atoms with Crippen molar-refractivity contribution in [3.8, 4) is 0 Å². The minimum Gasteiger partial charge on any atom is -0.346 e. The van der Waals surface area contributed by atoms with Crippen molar-refractivity contribution in [1.82, 2.24) is 5.32 Å². The van der Waals surface area contributed by atoms with E-state index in [9.17, 15) is 4.79 Å². The highest BCUT2D eigenvalue weighted by Crippen LogP contribution is 2.55. The molecule has 4 heteroatoms. The van der Waals surface area contributed by atoms with Gasteiger partial charge in [0, 0.05) is 16.8 Å². The third-order valence-corrected chi connectivity index (χ3v) is 9.54. The van der Waals surface area contributed by atoms with E-state index >= 15 is 0 Å². The Morgan fingerprint density at radius 2 is 1.87 bits per heavy atom. The summed E-state index contributed by atoms with van der Waals surface area (Å²) >= 11 is 1.65. The number of carbonyl (C=O) groups excluding carboxylic acids is 1. The molecule has 4 fully saturated rings. The molecule has 0 aromatic carbocycles. The molecule has 3 N–H and O–H groups in total. The van der Waals surface area contributed by atoms with Crippen molar-refractivity contribution in [1.29, 1.82) is 0 Å². The Morgan fingerprint density at radius 1 is 1.20 bits per heavy atom. The summed E-state index contributed by atoms with van der Waals surface area (Å²) in [6.07, 6.45) is 19.6. The van der Waals surface area contributed by atoms with Crippen molar-refractivity contribution in [2.24, 2.45) is 23.5 Å². The fraction of sp³-hybridized carbons (Fsp3) is 0.808. The molecule has 4 bridgehead atoms. The number of nitrogens with two attached hydrogens (primary N) is 1. The van der Waals surface area contributed by atoms with Crippen LogP contribution >= 0.6 is 11.8 Å². The van der Waals surface area contributed by atoms with E-state index in [1.54, 1.807) is 11.8 Å². The molecule has 4 saturated carbocycles. The van der Waals surface area contributed by atoms with Gasteiger partial charge in [-0.15, -0.1) is 11.8 Å². The van der Waals surface area contributed by atoms with Crippen LogP contribution in [0.2, 0.25) is 0 Å². The zero-order chi connectivity index (χ0) is 21.1. The van der Waals surface area contributed by atoms with Gasteiger partial charge in [0.1, 0.15) is 0 Å². The number of amides is 1. The number of hydrogen-bond donors (Lipinski definition) is 2. The van der Waals surface area contributed by atoms with E-state index in [1.165, 1.54) is 76.2 Å². The maximum Gasteiger partial charge on any atom is 0.257 e. The van der Waals surface area contributed by atoms with E-state index < -0.39 is 0 Å². The van der Waals surface area contributed by atoms with Crippen LogP contribution in [0.3, 0.4) is 0 Å². The second-order valence-corrected chi connectivity index (χ2v) is 12.0. The largest absolute Gasteiger partial charge is 0.346 e. The molecule has 30 heavy (non-hydrogen) atoms. The molecule has 3 nitrogen and oxygen atoms in total. The van der Waals surface area contributed by atoms with Gasteiger partial charge in [0.05, 0.1) is 4.91 Å². The zero-order valence-electron chi connectivity index (χ0n) is 19.0. The normalized spacial score (nSPS) is 34.3. The highest BCUT2D eigenvalue weighted by molar-refractivity contribution is 8.04. The van der Waals surface area contributed by atoms with Crippen LogP contribution in [0.25, 0.3) is 0 Å². The van der Waals surface area contributed by atoms with Gasteiger partial charge in [0.2, 0.25) is 0 Å². The monoisotopic (exact) mass is 430 g/mol. The van der Waals surface area contributed by atoms with Crippen molar-refractivity contribution >= 4 is 17.7 Å². The summed E-state index contributed by atoms with van der Waals surface area (Å²) in [5, 5.41) is 3.71. The molecule has 0 spiro atoms. The van der Waals surface area contributed by atoms with E-state index in [-0.39, 0.29) is 22.7 Å². The number of rotatable bonds is 10. The molecule has 0 aromatic heterocycles. The summed E-state index contributed by atoms with van der Waals surface area (Å²) in [5.74, 6) is 2.59. The Bertz CT molecular complexity index is 635. The lowest BCUT2D eigenvalue weighted by Crippen LogP contribution is -2.60. The number of hydrogen-bond acceptors (Lipinski definition) is 3. The van der Waals surface area contributed by atoms with Crippen LogP contribution in [0.4, 0.5) is 0 Å². The Morgan fingerprint density at radius 3 is 2.43 bits per heavy atom. The van der Waals surface area contributed by atoms with Gasteiger partial charge in [-0.3, -0.25) is 4.79 Å². The molecule has 2 unspecified atom stereocenters. The van der Waals surface area contributed by atoms with Gasteiger partial charge in [-0.2, -0.15) is 0 Å². The average Bonchev–Trinajstić information content (AvgIpc) is 2.71. The summed E-state index contributed by atoms with van der Waals surface area (Å²) in [6, 6.07) is 0.106. The molecule has 1 amide bonds. The van der Waals surface area contributed by atoms with E-state index in [0.29, 0.717) is 4.91 Å². The van der Waals surface area contributed by atoms with Crippen LogP contribution in [0.1, 0.15) is 96.8 Å². The standard InChI is InChI=1S/C26H42N2OS/c1-3-4-6-11-23(27)24(22-9-7-5-8-10-22)30-18(2)25(29)28-26-15-19-12-20(16-26)14-21(13-19)17-26/h9,19-21,23-24H,2-8,10-17,27H2,1H3,(H,28,29). The first kappa shape index (κ1) is 22.5. The number of unbranched alkanes of at least 4 members (excludes halogenated alkanes) is 2. The SMILES string of the molecule is C=C(SC(C1=CCCCC1)C(N)CCCCC)C(=O)NC12CC3CC(CC(C3)C1)C2. The van der Waals surface area contributed by atoms with Gasteiger partial charge in [0.25, 0.3) is 5.91 Å². The summed E-state index contributed by atoms with van der Waals surface area (Å²) in [6.45, 7) is 6.47. The fourth-order valence-electron chi connectivity index (χ4n) is 7.12. The Kier molecular flexibility index (Phi) is 7.34. The lowest BCUT2D eigenvalue weighted by molar-refractivity contribution is -0.122. The predicted octanol–water partition coefficient (Wildman–Crippen LogP) is 6.09. The van der Waals surface area contributed by atoms with Gasteiger partial charge in [-0.1, -0.05) is 44.4 Å². The number of thioether (sulfide) groups is 1.